The number of thioether (sulfide) groups is 1. The van der Waals surface area contributed by atoms with Gasteiger partial charge in [0.05, 0.1) is 12.2 Å². The van der Waals surface area contributed by atoms with E-state index in [1.807, 2.05) is 12.1 Å². The van der Waals surface area contributed by atoms with Crippen LogP contribution in [0.3, 0.4) is 0 Å². The van der Waals surface area contributed by atoms with Gasteiger partial charge in [0.1, 0.15) is 0 Å². The van der Waals surface area contributed by atoms with Gasteiger partial charge in [0.2, 0.25) is 0 Å². The number of esters is 1. The van der Waals surface area contributed by atoms with E-state index >= 15 is 0 Å². The normalized spacial score (nSPS) is 16.5. The van der Waals surface area contributed by atoms with Crippen molar-refractivity contribution in [1.82, 2.24) is 0 Å². The number of rotatable bonds is 3. The van der Waals surface area contributed by atoms with Crippen LogP contribution < -0.4 is 5.73 Å². The molecular formula is C16H14ClNO2S. The minimum atomic E-state index is -0.390. The summed E-state index contributed by atoms with van der Waals surface area (Å²) in [7, 11) is 0. The number of halogens is 1. The first-order valence-corrected chi connectivity index (χ1v) is 7.95. The van der Waals surface area contributed by atoms with E-state index in [0.29, 0.717) is 22.9 Å². The van der Waals surface area contributed by atoms with E-state index in [-0.39, 0.29) is 5.92 Å². The number of nitrogen functional groups attached to an aromatic ring is 1. The molecule has 2 aromatic carbocycles. The molecule has 1 heterocycles. The van der Waals surface area contributed by atoms with Gasteiger partial charge in [-0.3, -0.25) is 0 Å². The maximum Gasteiger partial charge on any atom is 0.338 e. The van der Waals surface area contributed by atoms with Gasteiger partial charge in [-0.05, 0) is 29.8 Å². The maximum atomic E-state index is 12.1. The second-order valence-corrected chi connectivity index (χ2v) is 6.42. The predicted molar refractivity (Wildman–Crippen MR) is 86.1 cm³/mol. The molecule has 108 valence electrons. The van der Waals surface area contributed by atoms with Gasteiger partial charge in [-0.1, -0.05) is 29.8 Å². The maximum absolute atomic E-state index is 12.1. The topological polar surface area (TPSA) is 52.3 Å². The third-order valence-corrected chi connectivity index (χ3v) is 4.84. The second-order valence-electron chi connectivity index (χ2n) is 4.92. The Morgan fingerprint density at radius 1 is 1.33 bits per heavy atom. The van der Waals surface area contributed by atoms with Crippen LogP contribution in [-0.2, 0) is 4.74 Å². The molecule has 1 aliphatic heterocycles. The molecule has 0 saturated carbocycles. The first-order chi connectivity index (χ1) is 10.1. The van der Waals surface area contributed by atoms with Crippen molar-refractivity contribution in [3.63, 3.8) is 0 Å². The summed E-state index contributed by atoms with van der Waals surface area (Å²) < 4.78 is 5.41. The summed E-state index contributed by atoms with van der Waals surface area (Å²) in [5.74, 6) is 0.787. The van der Waals surface area contributed by atoms with Crippen molar-refractivity contribution in [3.05, 3.63) is 58.6 Å². The van der Waals surface area contributed by atoms with Gasteiger partial charge in [-0.15, -0.1) is 11.8 Å². The van der Waals surface area contributed by atoms with E-state index in [2.05, 4.69) is 12.1 Å². The Morgan fingerprint density at radius 2 is 2.14 bits per heavy atom. The van der Waals surface area contributed by atoms with Crippen molar-refractivity contribution in [1.29, 1.82) is 0 Å². The Balaban J connectivity index is 1.67. The van der Waals surface area contributed by atoms with Crippen molar-refractivity contribution in [2.24, 2.45) is 0 Å². The minimum Gasteiger partial charge on any atom is -0.461 e. The average Bonchev–Trinajstić information content (AvgIpc) is 2.87. The van der Waals surface area contributed by atoms with Gasteiger partial charge < -0.3 is 10.5 Å². The molecule has 21 heavy (non-hydrogen) atoms. The number of fused-ring (bicyclic) bond motifs is 1. The van der Waals surface area contributed by atoms with Crippen molar-refractivity contribution >= 4 is 35.0 Å². The fourth-order valence-corrected chi connectivity index (χ4v) is 3.83. The summed E-state index contributed by atoms with van der Waals surface area (Å²) in [5.41, 5.74) is 7.78. The van der Waals surface area contributed by atoms with Crippen LogP contribution in [0.1, 0.15) is 21.8 Å². The third kappa shape index (κ3) is 3.17. The number of carbonyl (C=O) groups is 1. The molecule has 0 saturated heterocycles. The molecule has 1 aliphatic rings. The fourth-order valence-electron chi connectivity index (χ4n) is 2.36. The average molecular weight is 320 g/mol. The highest BCUT2D eigenvalue weighted by atomic mass is 35.5. The zero-order chi connectivity index (χ0) is 14.8. The van der Waals surface area contributed by atoms with E-state index in [9.17, 15) is 4.79 Å². The Labute approximate surface area is 132 Å². The van der Waals surface area contributed by atoms with E-state index < -0.39 is 5.97 Å². The van der Waals surface area contributed by atoms with E-state index in [4.69, 9.17) is 22.1 Å². The summed E-state index contributed by atoms with van der Waals surface area (Å²) in [4.78, 5) is 13.3. The van der Waals surface area contributed by atoms with Crippen molar-refractivity contribution in [2.45, 2.75) is 10.8 Å². The van der Waals surface area contributed by atoms with Crippen LogP contribution in [0.5, 0.6) is 0 Å². The van der Waals surface area contributed by atoms with Gasteiger partial charge >= 0.3 is 5.97 Å². The van der Waals surface area contributed by atoms with Crippen molar-refractivity contribution in [2.75, 3.05) is 18.1 Å². The molecule has 0 bridgehead atoms. The summed E-state index contributed by atoms with van der Waals surface area (Å²) in [6.07, 6.45) is 0. The number of hydrogen-bond acceptors (Lipinski definition) is 4. The highest BCUT2D eigenvalue weighted by molar-refractivity contribution is 7.99. The molecule has 3 nitrogen and oxygen atoms in total. The zero-order valence-corrected chi connectivity index (χ0v) is 12.8. The first-order valence-electron chi connectivity index (χ1n) is 6.58. The van der Waals surface area contributed by atoms with E-state index in [1.54, 1.807) is 30.0 Å². The summed E-state index contributed by atoms with van der Waals surface area (Å²) in [6.45, 7) is 0.370. The smallest absolute Gasteiger partial charge is 0.338 e. The predicted octanol–water partition coefficient (Wildman–Crippen LogP) is 3.97. The standard InChI is InChI=1S/C16H14ClNO2S/c17-12-5-10(6-13(18)7-12)16(19)20-8-11-9-21-15-4-2-1-3-14(11)15/h1-7,11H,8-9,18H2. The van der Waals surface area contributed by atoms with Crippen molar-refractivity contribution in [3.8, 4) is 0 Å². The fraction of sp³-hybridized carbons (Fsp3) is 0.188. The number of benzene rings is 2. The molecular weight excluding hydrogens is 306 g/mol. The number of ether oxygens (including phenoxy) is 1. The summed E-state index contributed by atoms with van der Waals surface area (Å²) in [5, 5.41) is 0.434. The van der Waals surface area contributed by atoms with Crippen LogP contribution in [0.25, 0.3) is 0 Å². The molecule has 3 rings (SSSR count). The molecule has 1 unspecified atom stereocenters. The molecule has 1 atom stereocenters. The lowest BCUT2D eigenvalue weighted by molar-refractivity contribution is 0.0487. The van der Waals surface area contributed by atoms with Crippen LogP contribution in [0.15, 0.2) is 47.4 Å². The first kappa shape index (κ1) is 14.3. The van der Waals surface area contributed by atoms with Crippen LogP contribution in [0.4, 0.5) is 5.69 Å². The molecule has 5 heteroatoms. The molecule has 0 fully saturated rings. The zero-order valence-electron chi connectivity index (χ0n) is 11.2. The highest BCUT2D eigenvalue weighted by Gasteiger charge is 2.24. The number of anilines is 1. The molecule has 2 aromatic rings. The highest BCUT2D eigenvalue weighted by Crippen LogP contribution is 2.39. The largest absolute Gasteiger partial charge is 0.461 e. The molecule has 0 spiro atoms. The van der Waals surface area contributed by atoms with E-state index in [0.717, 1.165) is 5.75 Å². The Kier molecular flexibility index (Phi) is 4.08. The van der Waals surface area contributed by atoms with Gasteiger partial charge in [0.25, 0.3) is 0 Å². The number of hydrogen-bond donors (Lipinski definition) is 1. The minimum absolute atomic E-state index is 0.242. The SMILES string of the molecule is Nc1cc(Cl)cc(C(=O)OCC2CSc3ccccc32)c1. The lowest BCUT2D eigenvalue weighted by Crippen LogP contribution is -2.13. The summed E-state index contributed by atoms with van der Waals surface area (Å²) in [6, 6.07) is 13.0. The molecule has 0 aliphatic carbocycles. The Hall–Kier alpha value is -1.65. The molecule has 0 radical (unpaired) electrons. The quantitative estimate of drug-likeness (QED) is 0.687. The molecule has 0 amide bonds. The monoisotopic (exact) mass is 319 g/mol. The van der Waals surface area contributed by atoms with E-state index in [1.165, 1.54) is 10.5 Å². The number of carbonyl (C=O) groups excluding carboxylic acids is 1. The lowest BCUT2D eigenvalue weighted by atomic mass is 10.0. The van der Waals surface area contributed by atoms with Crippen LogP contribution in [-0.4, -0.2) is 18.3 Å². The Morgan fingerprint density at radius 3 is 2.95 bits per heavy atom. The lowest BCUT2D eigenvalue weighted by Gasteiger charge is -2.12. The summed E-state index contributed by atoms with van der Waals surface area (Å²) >= 11 is 7.69. The van der Waals surface area contributed by atoms with Crippen LogP contribution in [0, 0.1) is 0 Å². The van der Waals surface area contributed by atoms with Crippen LogP contribution >= 0.6 is 23.4 Å². The third-order valence-electron chi connectivity index (χ3n) is 3.37. The van der Waals surface area contributed by atoms with Crippen molar-refractivity contribution < 1.29 is 9.53 Å². The van der Waals surface area contributed by atoms with Crippen LogP contribution in [0.2, 0.25) is 5.02 Å². The molecule has 0 aromatic heterocycles. The Bertz CT molecular complexity index is 669. The van der Waals surface area contributed by atoms with Gasteiger partial charge in [0, 0.05) is 27.3 Å². The van der Waals surface area contributed by atoms with Gasteiger partial charge in [-0.25, -0.2) is 4.79 Å². The number of nitrogens with two attached hydrogens (primary N) is 1. The second kappa shape index (κ2) is 6.00. The van der Waals surface area contributed by atoms with Gasteiger partial charge in [0.15, 0.2) is 0 Å². The molecule has 2 N–H and O–H groups in total. The van der Waals surface area contributed by atoms with Gasteiger partial charge in [-0.2, -0.15) is 0 Å².